The van der Waals surface area contributed by atoms with Crippen LogP contribution >= 0.6 is 0 Å². The molecule has 1 aliphatic heterocycles. The minimum Gasteiger partial charge on any atom is -0.322 e. The summed E-state index contributed by atoms with van der Waals surface area (Å²) in [4.78, 5) is 32.7. The lowest BCUT2D eigenvalue weighted by Crippen LogP contribution is -2.40. The van der Waals surface area contributed by atoms with E-state index in [-0.39, 0.29) is 6.54 Å². The first kappa shape index (κ1) is 7.62. The van der Waals surface area contributed by atoms with E-state index in [1.807, 2.05) is 0 Å². The van der Waals surface area contributed by atoms with Crippen LogP contribution in [0.5, 0.6) is 0 Å². The van der Waals surface area contributed by atoms with E-state index in [2.05, 4.69) is 0 Å². The van der Waals surface area contributed by atoms with Gasteiger partial charge in [0.05, 0.1) is 6.54 Å². The molecule has 0 spiro atoms. The summed E-state index contributed by atoms with van der Waals surface area (Å²) in [6, 6.07) is 0. The van der Waals surface area contributed by atoms with E-state index >= 15 is 0 Å². The summed E-state index contributed by atoms with van der Waals surface area (Å²) < 4.78 is 0. The molecule has 3 amide bonds. The van der Waals surface area contributed by atoms with Crippen molar-refractivity contribution >= 4 is 17.7 Å². The number of hydrogen-bond acceptors (Lipinski definition) is 4. The fourth-order valence-corrected chi connectivity index (χ4v) is 0.737. The molecule has 0 aromatic carbocycles. The maximum atomic E-state index is 10.8. The van der Waals surface area contributed by atoms with E-state index in [4.69, 9.17) is 5.73 Å². The van der Waals surface area contributed by atoms with Gasteiger partial charge < -0.3 is 5.73 Å². The second kappa shape index (κ2) is 2.63. The number of imide groups is 3. The zero-order chi connectivity index (χ0) is 8.43. The van der Waals surface area contributed by atoms with Crippen molar-refractivity contribution in [2.24, 2.45) is 5.73 Å². The maximum Gasteiger partial charge on any atom is 0.260 e. The van der Waals surface area contributed by atoms with E-state index in [9.17, 15) is 14.4 Å². The molecule has 0 unspecified atom stereocenters. The van der Waals surface area contributed by atoms with Crippen molar-refractivity contribution in [3.05, 3.63) is 12.2 Å². The molecule has 11 heavy (non-hydrogen) atoms. The molecule has 5 heteroatoms. The molecular formula is C6H6N2O3. The van der Waals surface area contributed by atoms with E-state index in [1.165, 1.54) is 0 Å². The molecule has 0 aromatic heterocycles. The molecule has 0 aromatic rings. The quantitative estimate of drug-likeness (QED) is 0.461. The highest BCUT2D eigenvalue weighted by Crippen LogP contribution is 2.02. The first-order valence-corrected chi connectivity index (χ1v) is 2.96. The first-order valence-electron chi connectivity index (χ1n) is 2.96. The van der Waals surface area contributed by atoms with Gasteiger partial charge in [-0.2, -0.15) is 0 Å². The third-order valence-electron chi connectivity index (χ3n) is 1.23. The van der Waals surface area contributed by atoms with E-state index in [1.54, 1.807) is 0 Å². The van der Waals surface area contributed by atoms with Gasteiger partial charge in [0.1, 0.15) is 0 Å². The van der Waals surface area contributed by atoms with Crippen LogP contribution in [0.4, 0.5) is 0 Å². The van der Waals surface area contributed by atoms with Gasteiger partial charge in [-0.25, -0.2) is 4.90 Å². The van der Waals surface area contributed by atoms with Crippen LogP contribution in [0, 0.1) is 0 Å². The van der Waals surface area contributed by atoms with E-state index in [0.717, 1.165) is 12.2 Å². The maximum absolute atomic E-state index is 10.8. The van der Waals surface area contributed by atoms with E-state index in [0.29, 0.717) is 4.90 Å². The Morgan fingerprint density at radius 2 is 1.82 bits per heavy atom. The molecular weight excluding hydrogens is 148 g/mol. The van der Waals surface area contributed by atoms with Crippen LogP contribution in [0.25, 0.3) is 0 Å². The molecule has 5 nitrogen and oxygen atoms in total. The zero-order valence-corrected chi connectivity index (χ0v) is 5.61. The van der Waals surface area contributed by atoms with Crippen molar-refractivity contribution < 1.29 is 14.4 Å². The van der Waals surface area contributed by atoms with Crippen molar-refractivity contribution in [2.75, 3.05) is 6.54 Å². The third-order valence-corrected chi connectivity index (χ3v) is 1.23. The Bertz CT molecular complexity index is 239. The Balaban J connectivity index is 2.82. The highest BCUT2D eigenvalue weighted by atomic mass is 16.2. The predicted molar refractivity (Wildman–Crippen MR) is 35.1 cm³/mol. The molecule has 1 aliphatic rings. The van der Waals surface area contributed by atoms with Crippen molar-refractivity contribution in [3.8, 4) is 0 Å². The molecule has 0 saturated carbocycles. The van der Waals surface area contributed by atoms with E-state index < -0.39 is 17.7 Å². The summed E-state index contributed by atoms with van der Waals surface area (Å²) in [5.41, 5.74) is 4.95. The normalized spacial score (nSPS) is 16.3. The number of carbonyl (C=O) groups is 3. The molecule has 0 saturated heterocycles. The lowest BCUT2D eigenvalue weighted by molar-refractivity contribution is -0.147. The standard InChI is InChI=1S/C6H6N2O3/c7-3-6(11)8-4(9)1-2-5(8)10/h1-2H,3,7H2. The fraction of sp³-hybridized carbons (Fsp3) is 0.167. The molecule has 0 atom stereocenters. The van der Waals surface area contributed by atoms with Crippen LogP contribution < -0.4 is 5.73 Å². The number of nitrogens with zero attached hydrogens (tertiary/aromatic N) is 1. The van der Waals surface area contributed by atoms with Gasteiger partial charge >= 0.3 is 0 Å². The number of rotatable bonds is 1. The molecule has 0 fully saturated rings. The van der Waals surface area contributed by atoms with Crippen molar-refractivity contribution in [2.45, 2.75) is 0 Å². The molecule has 1 rings (SSSR count). The van der Waals surface area contributed by atoms with Gasteiger partial charge in [0.15, 0.2) is 0 Å². The van der Waals surface area contributed by atoms with Crippen molar-refractivity contribution in [3.63, 3.8) is 0 Å². The monoisotopic (exact) mass is 154 g/mol. The molecule has 58 valence electrons. The van der Waals surface area contributed by atoms with Crippen LogP contribution in [-0.2, 0) is 14.4 Å². The van der Waals surface area contributed by atoms with Gasteiger partial charge in [-0.3, -0.25) is 14.4 Å². The Kier molecular flexibility index (Phi) is 1.82. The number of nitrogens with two attached hydrogens (primary N) is 1. The molecule has 1 heterocycles. The highest BCUT2D eigenvalue weighted by molar-refractivity contribution is 6.22. The summed E-state index contributed by atoms with van der Waals surface area (Å²) in [5, 5.41) is 0. The largest absolute Gasteiger partial charge is 0.322 e. The summed E-state index contributed by atoms with van der Waals surface area (Å²) in [6.07, 6.45) is 2.08. The van der Waals surface area contributed by atoms with Crippen LogP contribution in [-0.4, -0.2) is 29.2 Å². The second-order valence-corrected chi connectivity index (χ2v) is 1.94. The lowest BCUT2D eigenvalue weighted by atomic mass is 10.5. The van der Waals surface area contributed by atoms with Crippen LogP contribution in [0.3, 0.4) is 0 Å². The molecule has 2 N–H and O–H groups in total. The Morgan fingerprint density at radius 3 is 2.18 bits per heavy atom. The molecule has 0 radical (unpaired) electrons. The summed E-state index contributed by atoms with van der Waals surface area (Å²) in [5.74, 6) is -1.92. The number of amides is 3. The summed E-state index contributed by atoms with van der Waals surface area (Å²) in [6.45, 7) is -0.334. The average Bonchev–Trinajstić information content (AvgIpc) is 2.30. The Morgan fingerprint density at radius 1 is 1.36 bits per heavy atom. The van der Waals surface area contributed by atoms with Gasteiger partial charge in [-0.1, -0.05) is 0 Å². The first-order chi connectivity index (χ1) is 5.16. The lowest BCUT2D eigenvalue weighted by Gasteiger charge is -2.08. The Labute approximate surface area is 62.5 Å². The average molecular weight is 154 g/mol. The van der Waals surface area contributed by atoms with Gasteiger partial charge in [0.25, 0.3) is 11.8 Å². The van der Waals surface area contributed by atoms with Gasteiger partial charge in [-0.15, -0.1) is 0 Å². The number of hydrogen-bond donors (Lipinski definition) is 1. The topological polar surface area (TPSA) is 80.5 Å². The van der Waals surface area contributed by atoms with Crippen molar-refractivity contribution in [1.82, 2.24) is 4.90 Å². The van der Waals surface area contributed by atoms with Crippen LogP contribution in [0.1, 0.15) is 0 Å². The number of carbonyl (C=O) groups excluding carboxylic acids is 3. The zero-order valence-electron chi connectivity index (χ0n) is 5.61. The fourth-order valence-electron chi connectivity index (χ4n) is 0.737. The second-order valence-electron chi connectivity index (χ2n) is 1.94. The smallest absolute Gasteiger partial charge is 0.260 e. The third kappa shape index (κ3) is 1.18. The minimum absolute atomic E-state index is 0.334. The summed E-state index contributed by atoms with van der Waals surface area (Å²) in [7, 11) is 0. The van der Waals surface area contributed by atoms with Crippen molar-refractivity contribution in [1.29, 1.82) is 0 Å². The van der Waals surface area contributed by atoms with Gasteiger partial charge in [-0.05, 0) is 0 Å². The molecule has 0 bridgehead atoms. The Hall–Kier alpha value is -1.49. The SMILES string of the molecule is NCC(=O)N1C(=O)C=CC1=O. The predicted octanol–water partition coefficient (Wildman–Crippen LogP) is -1.60. The van der Waals surface area contributed by atoms with Gasteiger partial charge in [0, 0.05) is 12.2 Å². The van der Waals surface area contributed by atoms with Crippen LogP contribution in [0.2, 0.25) is 0 Å². The van der Waals surface area contributed by atoms with Gasteiger partial charge in [0.2, 0.25) is 5.91 Å². The van der Waals surface area contributed by atoms with Crippen LogP contribution in [0.15, 0.2) is 12.2 Å². The molecule has 0 aliphatic carbocycles. The summed E-state index contributed by atoms with van der Waals surface area (Å²) >= 11 is 0. The minimum atomic E-state index is -0.676. The highest BCUT2D eigenvalue weighted by Gasteiger charge is 2.28.